The molecule has 7 nitrogen and oxygen atoms in total. The maximum absolute atomic E-state index is 13.1. The Kier molecular flexibility index (Phi) is 7.10. The summed E-state index contributed by atoms with van der Waals surface area (Å²) in [4.78, 5) is 30.3. The van der Waals surface area contributed by atoms with E-state index in [4.69, 9.17) is 9.15 Å². The van der Waals surface area contributed by atoms with Gasteiger partial charge in [0.15, 0.2) is 0 Å². The summed E-state index contributed by atoms with van der Waals surface area (Å²) in [6.07, 6.45) is 7.09. The lowest BCUT2D eigenvalue weighted by molar-refractivity contribution is -0.142. The summed E-state index contributed by atoms with van der Waals surface area (Å²) in [6.45, 7) is 6.13. The molecule has 7 heteroatoms. The molecule has 3 heterocycles. The third kappa shape index (κ3) is 4.89. The Hall–Kier alpha value is -1.86. The number of nitrogens with zero attached hydrogens (tertiary/aromatic N) is 2. The second kappa shape index (κ2) is 9.96. The highest BCUT2D eigenvalue weighted by Crippen LogP contribution is 2.29. The molecular formula is C23H35N3O4. The van der Waals surface area contributed by atoms with Crippen molar-refractivity contribution in [3.05, 3.63) is 23.7 Å². The van der Waals surface area contributed by atoms with Gasteiger partial charge in [-0.15, -0.1) is 0 Å². The van der Waals surface area contributed by atoms with Crippen molar-refractivity contribution in [2.45, 2.75) is 64.0 Å². The number of furan rings is 1. The Morgan fingerprint density at radius 2 is 1.83 bits per heavy atom. The third-order valence-electron chi connectivity index (χ3n) is 6.84. The highest BCUT2D eigenvalue weighted by atomic mass is 16.5. The van der Waals surface area contributed by atoms with Crippen LogP contribution in [0.1, 0.15) is 62.5 Å². The zero-order valence-electron chi connectivity index (χ0n) is 18.1. The number of rotatable bonds is 6. The first kappa shape index (κ1) is 21.4. The first-order chi connectivity index (χ1) is 14.6. The Bertz CT molecular complexity index is 722. The number of hydrogen-bond donors (Lipinski definition) is 1. The minimum absolute atomic E-state index is 0.0181. The number of aryl methyl sites for hydroxylation is 1. The molecule has 0 unspecified atom stereocenters. The van der Waals surface area contributed by atoms with Crippen molar-refractivity contribution in [2.24, 2.45) is 5.92 Å². The van der Waals surface area contributed by atoms with E-state index in [1.165, 1.54) is 6.42 Å². The van der Waals surface area contributed by atoms with Crippen molar-refractivity contribution >= 4 is 11.8 Å². The average Bonchev–Trinajstić information content (AvgIpc) is 3.44. The van der Waals surface area contributed by atoms with Crippen LogP contribution < -0.4 is 5.32 Å². The lowest BCUT2D eigenvalue weighted by Gasteiger charge is -2.34. The summed E-state index contributed by atoms with van der Waals surface area (Å²) in [6, 6.07) is 3.61. The number of carbonyl (C=O) groups is 2. The van der Waals surface area contributed by atoms with Crippen LogP contribution in [0, 0.1) is 12.8 Å². The maximum Gasteiger partial charge on any atom is 0.242 e. The molecule has 2 aliphatic heterocycles. The summed E-state index contributed by atoms with van der Waals surface area (Å²) in [5.74, 6) is 2.02. The number of hydrogen-bond acceptors (Lipinski definition) is 5. The van der Waals surface area contributed by atoms with Crippen LogP contribution in [0.15, 0.2) is 16.5 Å². The van der Waals surface area contributed by atoms with Crippen molar-refractivity contribution in [1.82, 2.24) is 15.1 Å². The average molecular weight is 418 g/mol. The standard InChI is InChI=1S/C23H35N3O4/c1-17-9-10-21(30-17)20(25-12-14-29-15-13-25)16-24-22(27)19-8-5-11-26(19)23(28)18-6-3-2-4-7-18/h9-10,18-20H,2-8,11-16H2,1H3,(H,24,27)/t19-,20+/m0/s1. The van der Waals surface area contributed by atoms with E-state index in [1.807, 2.05) is 24.0 Å². The van der Waals surface area contributed by atoms with Gasteiger partial charge in [-0.25, -0.2) is 0 Å². The number of nitrogens with one attached hydrogen (secondary N) is 1. The zero-order valence-corrected chi connectivity index (χ0v) is 18.1. The van der Waals surface area contributed by atoms with E-state index in [0.29, 0.717) is 26.3 Å². The molecular weight excluding hydrogens is 382 g/mol. The van der Waals surface area contributed by atoms with E-state index >= 15 is 0 Å². The van der Waals surface area contributed by atoms with Crippen LogP contribution in [0.25, 0.3) is 0 Å². The third-order valence-corrected chi connectivity index (χ3v) is 6.84. The molecule has 2 atom stereocenters. The van der Waals surface area contributed by atoms with Crippen LogP contribution >= 0.6 is 0 Å². The summed E-state index contributed by atoms with van der Waals surface area (Å²) in [7, 11) is 0. The van der Waals surface area contributed by atoms with Gasteiger partial charge >= 0.3 is 0 Å². The quantitative estimate of drug-likeness (QED) is 0.770. The Balaban J connectivity index is 1.39. The van der Waals surface area contributed by atoms with Gasteiger partial charge in [0.05, 0.1) is 19.3 Å². The molecule has 0 aromatic carbocycles. The topological polar surface area (TPSA) is 75.0 Å². The van der Waals surface area contributed by atoms with Gasteiger partial charge < -0.3 is 19.4 Å². The molecule has 1 aliphatic carbocycles. The summed E-state index contributed by atoms with van der Waals surface area (Å²) in [5, 5.41) is 3.14. The Labute approximate surface area is 179 Å². The van der Waals surface area contributed by atoms with Gasteiger partial charge in [0.2, 0.25) is 11.8 Å². The molecule has 0 spiro atoms. The normalized spacial score (nSPS) is 24.7. The molecule has 1 aromatic rings. The fourth-order valence-electron chi connectivity index (χ4n) is 5.13. The predicted molar refractivity (Wildman–Crippen MR) is 113 cm³/mol. The van der Waals surface area contributed by atoms with Crippen LogP contribution in [0.5, 0.6) is 0 Å². The van der Waals surface area contributed by atoms with E-state index in [9.17, 15) is 9.59 Å². The second-order valence-corrected chi connectivity index (χ2v) is 8.88. The van der Waals surface area contributed by atoms with Gasteiger partial charge in [0.1, 0.15) is 17.6 Å². The van der Waals surface area contributed by atoms with Crippen LogP contribution in [-0.2, 0) is 14.3 Å². The maximum atomic E-state index is 13.1. The molecule has 3 fully saturated rings. The van der Waals surface area contributed by atoms with E-state index in [0.717, 1.165) is 63.1 Å². The van der Waals surface area contributed by atoms with Crippen LogP contribution in [0.2, 0.25) is 0 Å². The van der Waals surface area contributed by atoms with Crippen LogP contribution in [0.3, 0.4) is 0 Å². The van der Waals surface area contributed by atoms with Crippen molar-refractivity contribution < 1.29 is 18.7 Å². The Morgan fingerprint density at radius 1 is 1.07 bits per heavy atom. The number of likely N-dealkylation sites (tertiary alicyclic amines) is 1. The number of carbonyl (C=O) groups excluding carboxylic acids is 2. The predicted octanol–water partition coefficient (Wildman–Crippen LogP) is 2.65. The van der Waals surface area contributed by atoms with Gasteiger partial charge in [-0.05, 0) is 44.7 Å². The fourth-order valence-corrected chi connectivity index (χ4v) is 5.13. The lowest BCUT2D eigenvalue weighted by atomic mass is 9.88. The van der Waals surface area contributed by atoms with Gasteiger partial charge in [0, 0.05) is 32.1 Å². The molecule has 0 bridgehead atoms. The van der Waals surface area contributed by atoms with Gasteiger partial charge in [-0.2, -0.15) is 0 Å². The lowest BCUT2D eigenvalue weighted by Crippen LogP contribution is -2.50. The monoisotopic (exact) mass is 417 g/mol. The first-order valence-corrected chi connectivity index (χ1v) is 11.6. The van der Waals surface area contributed by atoms with E-state index < -0.39 is 0 Å². The van der Waals surface area contributed by atoms with E-state index in [1.54, 1.807) is 0 Å². The SMILES string of the molecule is Cc1ccc([C@@H](CNC(=O)[C@@H]2CCCN2C(=O)C2CCCCC2)N2CCOCC2)o1. The summed E-state index contributed by atoms with van der Waals surface area (Å²) < 4.78 is 11.4. The van der Waals surface area contributed by atoms with E-state index in [2.05, 4.69) is 10.2 Å². The molecule has 2 saturated heterocycles. The molecule has 1 N–H and O–H groups in total. The highest BCUT2D eigenvalue weighted by molar-refractivity contribution is 5.89. The number of ether oxygens (including phenoxy) is 1. The molecule has 30 heavy (non-hydrogen) atoms. The smallest absolute Gasteiger partial charge is 0.242 e. The molecule has 166 valence electrons. The van der Waals surface area contributed by atoms with Gasteiger partial charge in [0.25, 0.3) is 0 Å². The first-order valence-electron chi connectivity index (χ1n) is 11.6. The molecule has 2 amide bonds. The fraction of sp³-hybridized carbons (Fsp3) is 0.739. The zero-order chi connectivity index (χ0) is 20.9. The second-order valence-electron chi connectivity index (χ2n) is 8.88. The van der Waals surface area contributed by atoms with Crippen molar-refractivity contribution in [2.75, 3.05) is 39.4 Å². The van der Waals surface area contributed by atoms with E-state index in [-0.39, 0.29) is 29.8 Å². The van der Waals surface area contributed by atoms with Crippen LogP contribution in [-0.4, -0.2) is 67.0 Å². The largest absolute Gasteiger partial charge is 0.465 e. The number of morpholine rings is 1. The van der Waals surface area contributed by atoms with Gasteiger partial charge in [-0.1, -0.05) is 19.3 Å². The number of amides is 2. The van der Waals surface area contributed by atoms with Crippen molar-refractivity contribution in [3.8, 4) is 0 Å². The summed E-state index contributed by atoms with van der Waals surface area (Å²) in [5.41, 5.74) is 0. The molecule has 1 saturated carbocycles. The Morgan fingerprint density at radius 3 is 2.53 bits per heavy atom. The summed E-state index contributed by atoms with van der Waals surface area (Å²) >= 11 is 0. The molecule has 0 radical (unpaired) electrons. The minimum atomic E-state index is -0.330. The minimum Gasteiger partial charge on any atom is -0.465 e. The molecule has 3 aliphatic rings. The van der Waals surface area contributed by atoms with Crippen molar-refractivity contribution in [3.63, 3.8) is 0 Å². The van der Waals surface area contributed by atoms with Crippen molar-refractivity contribution in [1.29, 1.82) is 0 Å². The van der Waals surface area contributed by atoms with Crippen LogP contribution in [0.4, 0.5) is 0 Å². The van der Waals surface area contributed by atoms with Gasteiger partial charge in [-0.3, -0.25) is 14.5 Å². The molecule has 1 aromatic heterocycles. The highest BCUT2D eigenvalue weighted by Gasteiger charge is 2.37. The molecule has 4 rings (SSSR count).